The van der Waals surface area contributed by atoms with Gasteiger partial charge in [0.2, 0.25) is 5.91 Å². The Labute approximate surface area is 317 Å². The van der Waals surface area contributed by atoms with Crippen LogP contribution < -0.4 is 21.3 Å². The Balaban J connectivity index is 1.36. The SMILES string of the molecule is CC(C)[C@H](NC(=O)OCc1ncc(-c2ccccc2)[nH]1)C(=O)N[C@@H](Cc1ccccc1)[C@H](O)CNC[C@@H](O)[C@H](Cc1ccccc1)NC(=O)OC(C)(C)C. The number of rotatable bonds is 18. The van der Waals surface area contributed by atoms with Crippen LogP contribution in [0.15, 0.2) is 97.2 Å². The summed E-state index contributed by atoms with van der Waals surface area (Å²) in [6, 6.07) is 26.1. The molecule has 4 aromatic rings. The number of ether oxygens (including phenoxy) is 2. The summed E-state index contributed by atoms with van der Waals surface area (Å²) < 4.78 is 10.8. The first kappa shape index (κ1) is 41.5. The predicted octanol–water partition coefficient (Wildman–Crippen LogP) is 4.50. The van der Waals surface area contributed by atoms with Crippen molar-refractivity contribution in [3.8, 4) is 11.3 Å². The minimum absolute atomic E-state index is 0.00919. The van der Waals surface area contributed by atoms with Gasteiger partial charge < -0.3 is 45.9 Å². The molecule has 54 heavy (non-hydrogen) atoms. The fourth-order valence-corrected chi connectivity index (χ4v) is 5.74. The zero-order valence-electron chi connectivity index (χ0n) is 31.6. The number of H-pyrrole nitrogens is 1. The zero-order valence-corrected chi connectivity index (χ0v) is 31.6. The Morgan fingerprint density at radius 2 is 1.26 bits per heavy atom. The van der Waals surface area contributed by atoms with Gasteiger partial charge in [0, 0.05) is 13.1 Å². The van der Waals surface area contributed by atoms with Gasteiger partial charge in [0.05, 0.1) is 36.2 Å². The van der Waals surface area contributed by atoms with Crippen LogP contribution in [0.4, 0.5) is 9.59 Å². The van der Waals surface area contributed by atoms with Crippen molar-refractivity contribution in [2.75, 3.05) is 13.1 Å². The first-order valence-electron chi connectivity index (χ1n) is 18.2. The molecule has 3 amide bonds. The van der Waals surface area contributed by atoms with Gasteiger partial charge in [-0.2, -0.15) is 0 Å². The number of hydrogen-bond acceptors (Lipinski definition) is 9. The fraction of sp³-hybridized carbons (Fsp3) is 0.415. The van der Waals surface area contributed by atoms with Gasteiger partial charge in [0.25, 0.3) is 0 Å². The Bertz CT molecular complexity index is 1730. The highest BCUT2D eigenvalue weighted by molar-refractivity contribution is 5.86. The van der Waals surface area contributed by atoms with E-state index >= 15 is 0 Å². The highest BCUT2D eigenvalue weighted by atomic mass is 16.6. The molecule has 0 saturated heterocycles. The number of carbonyl (C=O) groups excluding carboxylic acids is 3. The van der Waals surface area contributed by atoms with Crippen LogP contribution in [0.25, 0.3) is 11.3 Å². The Hall–Kier alpha value is -5.24. The van der Waals surface area contributed by atoms with Gasteiger partial charge in [-0.3, -0.25) is 4.79 Å². The lowest BCUT2D eigenvalue weighted by Gasteiger charge is -2.30. The highest BCUT2D eigenvalue weighted by Crippen LogP contribution is 2.17. The van der Waals surface area contributed by atoms with Crippen LogP contribution in [0, 0.1) is 5.92 Å². The number of aliphatic hydroxyl groups is 2. The zero-order chi connectivity index (χ0) is 39.1. The second-order valence-electron chi connectivity index (χ2n) is 14.6. The van der Waals surface area contributed by atoms with Crippen LogP contribution in [0.3, 0.4) is 0 Å². The van der Waals surface area contributed by atoms with E-state index in [1.807, 2.05) is 91.0 Å². The Morgan fingerprint density at radius 3 is 1.78 bits per heavy atom. The van der Waals surface area contributed by atoms with Crippen molar-refractivity contribution in [3.05, 3.63) is 114 Å². The lowest BCUT2D eigenvalue weighted by atomic mass is 9.98. The summed E-state index contributed by atoms with van der Waals surface area (Å²) in [6.45, 7) is 8.79. The number of aromatic amines is 1. The molecule has 0 unspecified atom stereocenters. The number of aliphatic hydroxyl groups excluding tert-OH is 2. The molecule has 1 aromatic heterocycles. The molecule has 0 aliphatic heterocycles. The van der Waals surface area contributed by atoms with E-state index in [4.69, 9.17) is 9.47 Å². The maximum absolute atomic E-state index is 13.7. The Kier molecular flexibility index (Phi) is 15.6. The molecule has 0 radical (unpaired) electrons. The molecule has 0 saturated carbocycles. The predicted molar refractivity (Wildman–Crippen MR) is 206 cm³/mol. The monoisotopic (exact) mass is 742 g/mol. The van der Waals surface area contributed by atoms with E-state index in [1.54, 1.807) is 40.8 Å². The molecular formula is C41H54N6O7. The van der Waals surface area contributed by atoms with Gasteiger partial charge in [-0.25, -0.2) is 14.6 Å². The topological polar surface area (TPSA) is 187 Å². The van der Waals surface area contributed by atoms with Crippen molar-refractivity contribution >= 4 is 18.1 Å². The second kappa shape index (κ2) is 20.3. The lowest BCUT2D eigenvalue weighted by Crippen LogP contribution is -2.57. The summed E-state index contributed by atoms with van der Waals surface area (Å²) in [7, 11) is 0. The highest BCUT2D eigenvalue weighted by Gasteiger charge is 2.30. The molecule has 7 N–H and O–H groups in total. The van der Waals surface area contributed by atoms with Gasteiger partial charge >= 0.3 is 12.2 Å². The third-order valence-electron chi connectivity index (χ3n) is 8.54. The standard InChI is InChI=1S/C41H54N6O7/c1-27(2)37(47-39(51)53-26-36-43-23-33(44-36)30-19-13-8-14-20-30)38(50)45-31(21-28-15-9-6-10-16-28)34(48)24-42-25-35(49)32(22-29-17-11-7-12-18-29)46-40(52)54-41(3,4)5/h6-20,23,27,31-32,34-35,37,42,48-49H,21-22,24-26H2,1-5H3,(H,43,44)(H,45,50)(H,46,52)(H,47,51)/t31-,32-,34+,35+,37-/m0/s1. The fourth-order valence-electron chi connectivity index (χ4n) is 5.74. The van der Waals surface area contributed by atoms with E-state index < -0.39 is 54.0 Å². The van der Waals surface area contributed by atoms with E-state index in [9.17, 15) is 24.6 Å². The third-order valence-corrected chi connectivity index (χ3v) is 8.54. The van der Waals surface area contributed by atoms with E-state index in [0.29, 0.717) is 18.7 Å². The normalized spacial score (nSPS) is 14.3. The van der Waals surface area contributed by atoms with Gasteiger partial charge in [-0.15, -0.1) is 0 Å². The summed E-state index contributed by atoms with van der Waals surface area (Å²) >= 11 is 0. The number of alkyl carbamates (subject to hydrolysis) is 2. The van der Waals surface area contributed by atoms with Gasteiger partial charge in [-0.05, 0) is 56.2 Å². The summed E-state index contributed by atoms with van der Waals surface area (Å²) in [5.41, 5.74) is 2.81. The molecule has 13 heteroatoms. The molecule has 0 aliphatic carbocycles. The lowest BCUT2D eigenvalue weighted by molar-refractivity contribution is -0.125. The summed E-state index contributed by atoms with van der Waals surface area (Å²) in [5.74, 6) is -0.353. The van der Waals surface area contributed by atoms with Crippen molar-refractivity contribution < 1.29 is 34.1 Å². The Morgan fingerprint density at radius 1 is 0.741 bits per heavy atom. The van der Waals surface area contributed by atoms with E-state index in [1.165, 1.54) is 0 Å². The molecule has 3 aromatic carbocycles. The molecule has 5 atom stereocenters. The van der Waals surface area contributed by atoms with Crippen molar-refractivity contribution in [2.45, 2.75) is 90.0 Å². The van der Waals surface area contributed by atoms with E-state index in [2.05, 4.69) is 31.2 Å². The average molecular weight is 743 g/mol. The largest absolute Gasteiger partial charge is 0.444 e. The van der Waals surface area contributed by atoms with Crippen molar-refractivity contribution in [1.82, 2.24) is 31.2 Å². The van der Waals surface area contributed by atoms with E-state index in [-0.39, 0.29) is 25.6 Å². The number of nitrogens with one attached hydrogen (secondary N) is 5. The number of imidazole rings is 1. The third kappa shape index (κ3) is 14.0. The molecule has 0 spiro atoms. The number of aromatic nitrogens is 2. The van der Waals surface area contributed by atoms with Gasteiger partial charge in [0.15, 0.2) is 6.61 Å². The minimum Gasteiger partial charge on any atom is -0.444 e. The number of carbonyl (C=O) groups is 3. The molecule has 4 rings (SSSR count). The van der Waals surface area contributed by atoms with Crippen LogP contribution in [0.1, 0.15) is 51.6 Å². The summed E-state index contributed by atoms with van der Waals surface area (Å²) in [5, 5.41) is 34.1. The van der Waals surface area contributed by atoms with E-state index in [0.717, 1.165) is 22.4 Å². The molecule has 0 aliphatic rings. The number of benzene rings is 3. The summed E-state index contributed by atoms with van der Waals surface area (Å²) in [6.07, 6.45) is -1.27. The smallest absolute Gasteiger partial charge is 0.408 e. The van der Waals surface area contributed by atoms with Crippen molar-refractivity contribution in [3.63, 3.8) is 0 Å². The number of hydrogen-bond donors (Lipinski definition) is 7. The molecule has 1 heterocycles. The van der Waals surface area contributed by atoms with Crippen LogP contribution in [-0.4, -0.2) is 87.3 Å². The van der Waals surface area contributed by atoms with Crippen LogP contribution in [0.5, 0.6) is 0 Å². The van der Waals surface area contributed by atoms with Crippen LogP contribution >= 0.6 is 0 Å². The average Bonchev–Trinajstić information content (AvgIpc) is 3.62. The number of amides is 3. The summed E-state index contributed by atoms with van der Waals surface area (Å²) in [4.78, 5) is 46.6. The maximum Gasteiger partial charge on any atom is 0.408 e. The van der Waals surface area contributed by atoms with Crippen molar-refractivity contribution in [1.29, 1.82) is 0 Å². The van der Waals surface area contributed by atoms with Gasteiger partial charge in [-0.1, -0.05) is 105 Å². The number of nitrogens with zero attached hydrogens (tertiary/aromatic N) is 1. The molecular weight excluding hydrogens is 688 g/mol. The molecule has 0 fully saturated rings. The van der Waals surface area contributed by atoms with Crippen molar-refractivity contribution in [2.24, 2.45) is 5.92 Å². The first-order chi connectivity index (χ1) is 25.8. The molecule has 13 nitrogen and oxygen atoms in total. The second-order valence-corrected chi connectivity index (χ2v) is 14.6. The van der Waals surface area contributed by atoms with Crippen LogP contribution in [0.2, 0.25) is 0 Å². The van der Waals surface area contributed by atoms with Crippen LogP contribution in [-0.2, 0) is 33.7 Å². The maximum atomic E-state index is 13.7. The minimum atomic E-state index is -1.09. The van der Waals surface area contributed by atoms with Gasteiger partial charge in [0.1, 0.15) is 17.5 Å². The molecule has 0 bridgehead atoms. The molecule has 290 valence electrons. The quantitative estimate of drug-likeness (QED) is 0.0771. The first-order valence-corrected chi connectivity index (χ1v) is 18.2.